The van der Waals surface area contributed by atoms with Gasteiger partial charge in [-0.1, -0.05) is 36.4 Å². The molecule has 2 aromatic carbocycles. The lowest BCUT2D eigenvalue weighted by molar-refractivity contribution is 0.325. The average Bonchev–Trinajstić information content (AvgIpc) is 2.62. The second-order valence-electron chi connectivity index (χ2n) is 6.29. The van der Waals surface area contributed by atoms with Gasteiger partial charge in [0.25, 0.3) is 0 Å². The number of aliphatic imine (C=N–C) groups is 1. The Morgan fingerprint density at radius 2 is 1.92 bits per heavy atom. The maximum Gasteiger partial charge on any atom is 0.191 e. The Morgan fingerprint density at radius 3 is 2.65 bits per heavy atom. The van der Waals surface area contributed by atoms with Gasteiger partial charge in [0.15, 0.2) is 5.96 Å². The number of hydrogen-bond donors (Lipinski definition) is 2. The first kappa shape index (κ1) is 20.0. The lowest BCUT2D eigenvalue weighted by Crippen LogP contribution is -2.44. The van der Waals surface area contributed by atoms with Crippen LogP contribution in [0.25, 0.3) is 10.8 Å². The minimum atomic E-state index is -2.95. The Hall–Kier alpha value is -2.28. The van der Waals surface area contributed by atoms with Crippen molar-refractivity contribution in [3.63, 3.8) is 0 Å². The van der Waals surface area contributed by atoms with E-state index in [2.05, 4.69) is 27.8 Å². The van der Waals surface area contributed by atoms with E-state index in [9.17, 15) is 8.42 Å². The van der Waals surface area contributed by atoms with Crippen molar-refractivity contribution in [1.29, 1.82) is 0 Å². The van der Waals surface area contributed by atoms with Crippen molar-refractivity contribution in [3.8, 4) is 5.75 Å². The molecule has 0 aliphatic heterocycles. The summed E-state index contributed by atoms with van der Waals surface area (Å²) >= 11 is 0. The van der Waals surface area contributed by atoms with Crippen molar-refractivity contribution in [1.82, 2.24) is 10.6 Å². The minimum absolute atomic E-state index is 0.00918. The zero-order valence-electron chi connectivity index (χ0n) is 15.5. The van der Waals surface area contributed by atoms with Crippen molar-refractivity contribution in [2.24, 2.45) is 4.99 Å². The summed E-state index contributed by atoms with van der Waals surface area (Å²) < 4.78 is 28.4. The monoisotopic (exact) mass is 377 g/mol. The Bertz CT molecular complexity index is 845. The topological polar surface area (TPSA) is 79.8 Å². The maximum absolute atomic E-state index is 11.2. The summed E-state index contributed by atoms with van der Waals surface area (Å²) in [6.45, 7) is 3.01. The van der Waals surface area contributed by atoms with E-state index in [4.69, 9.17) is 4.74 Å². The van der Waals surface area contributed by atoms with Crippen LogP contribution in [0.2, 0.25) is 0 Å². The second-order valence-corrected chi connectivity index (χ2v) is 8.55. The summed E-state index contributed by atoms with van der Waals surface area (Å²) in [4.78, 5) is 4.16. The average molecular weight is 378 g/mol. The predicted octanol–water partition coefficient (Wildman–Crippen LogP) is 2.21. The number of guanidine groups is 1. The van der Waals surface area contributed by atoms with Crippen LogP contribution in [0, 0.1) is 0 Å². The van der Waals surface area contributed by atoms with E-state index >= 15 is 0 Å². The van der Waals surface area contributed by atoms with Crippen molar-refractivity contribution in [2.45, 2.75) is 19.4 Å². The molecule has 0 aliphatic carbocycles. The SMILES string of the molecule is CN=C(NCCOc1cccc2ccccc12)NC(C)CCS(C)(=O)=O. The molecule has 6 nitrogen and oxygen atoms in total. The number of fused-ring (bicyclic) bond motifs is 1. The molecule has 1 unspecified atom stereocenters. The van der Waals surface area contributed by atoms with E-state index in [0.29, 0.717) is 25.5 Å². The fraction of sp³-hybridized carbons (Fsp3) is 0.421. The van der Waals surface area contributed by atoms with E-state index in [1.807, 2.05) is 37.3 Å². The van der Waals surface area contributed by atoms with Crippen LogP contribution >= 0.6 is 0 Å². The van der Waals surface area contributed by atoms with Gasteiger partial charge in [0.2, 0.25) is 0 Å². The van der Waals surface area contributed by atoms with Gasteiger partial charge in [-0.25, -0.2) is 8.42 Å². The quantitative estimate of drug-likeness (QED) is 0.419. The summed E-state index contributed by atoms with van der Waals surface area (Å²) in [5, 5.41) is 8.60. The first-order valence-corrected chi connectivity index (χ1v) is 10.7. The van der Waals surface area contributed by atoms with E-state index in [1.165, 1.54) is 6.26 Å². The van der Waals surface area contributed by atoms with Gasteiger partial charge in [-0.05, 0) is 24.8 Å². The molecule has 1 atom stereocenters. The van der Waals surface area contributed by atoms with Crippen molar-refractivity contribution in [3.05, 3.63) is 42.5 Å². The number of hydrogen-bond acceptors (Lipinski definition) is 4. The molecule has 0 spiro atoms. The molecule has 142 valence electrons. The molecule has 0 radical (unpaired) electrons. The molecule has 0 fully saturated rings. The van der Waals surface area contributed by atoms with Crippen molar-refractivity contribution in [2.75, 3.05) is 32.2 Å². The van der Waals surface area contributed by atoms with Gasteiger partial charge in [0, 0.05) is 24.7 Å². The molecule has 0 saturated carbocycles. The molecular weight excluding hydrogens is 350 g/mol. The smallest absolute Gasteiger partial charge is 0.191 e. The molecule has 2 N–H and O–H groups in total. The van der Waals surface area contributed by atoms with Gasteiger partial charge in [-0.15, -0.1) is 0 Å². The maximum atomic E-state index is 11.2. The lowest BCUT2D eigenvalue weighted by Gasteiger charge is -2.18. The van der Waals surface area contributed by atoms with Crippen LogP contribution in [-0.2, 0) is 9.84 Å². The molecule has 0 amide bonds. The first-order valence-electron chi connectivity index (χ1n) is 8.64. The Morgan fingerprint density at radius 1 is 1.19 bits per heavy atom. The van der Waals surface area contributed by atoms with E-state index < -0.39 is 9.84 Å². The van der Waals surface area contributed by atoms with Crippen LogP contribution in [0.3, 0.4) is 0 Å². The fourth-order valence-corrected chi connectivity index (χ4v) is 3.32. The number of rotatable bonds is 8. The highest BCUT2D eigenvalue weighted by atomic mass is 32.2. The van der Waals surface area contributed by atoms with Crippen molar-refractivity contribution < 1.29 is 13.2 Å². The van der Waals surface area contributed by atoms with Gasteiger partial charge in [-0.2, -0.15) is 0 Å². The molecule has 2 rings (SSSR count). The Kier molecular flexibility index (Phi) is 7.26. The van der Waals surface area contributed by atoms with Crippen LogP contribution in [-0.4, -0.2) is 52.6 Å². The summed E-state index contributed by atoms with van der Waals surface area (Å²) in [7, 11) is -1.27. The number of nitrogens with one attached hydrogen (secondary N) is 2. The van der Waals surface area contributed by atoms with Crippen LogP contribution < -0.4 is 15.4 Å². The summed E-state index contributed by atoms with van der Waals surface area (Å²) in [5.74, 6) is 1.64. The molecule has 0 aromatic heterocycles. The molecular formula is C19H27N3O3S. The molecule has 2 aromatic rings. The zero-order valence-corrected chi connectivity index (χ0v) is 16.3. The van der Waals surface area contributed by atoms with Crippen LogP contribution in [0.4, 0.5) is 0 Å². The number of nitrogens with zero attached hydrogens (tertiary/aromatic N) is 1. The lowest BCUT2D eigenvalue weighted by atomic mass is 10.1. The summed E-state index contributed by atoms with van der Waals surface area (Å²) in [6, 6.07) is 14.1. The number of benzene rings is 2. The first-order chi connectivity index (χ1) is 12.4. The van der Waals surface area contributed by atoms with E-state index in [1.54, 1.807) is 7.05 Å². The Labute approximate surface area is 155 Å². The highest BCUT2D eigenvalue weighted by Gasteiger charge is 2.09. The second kappa shape index (κ2) is 9.43. The Balaban J connectivity index is 1.78. The van der Waals surface area contributed by atoms with Gasteiger partial charge in [-0.3, -0.25) is 4.99 Å². The number of ether oxygens (including phenoxy) is 1. The van der Waals surface area contributed by atoms with Crippen molar-refractivity contribution >= 4 is 26.6 Å². The largest absolute Gasteiger partial charge is 0.491 e. The van der Waals surface area contributed by atoms with Gasteiger partial charge < -0.3 is 15.4 Å². The summed E-state index contributed by atoms with van der Waals surface area (Å²) in [5.41, 5.74) is 0. The molecule has 0 bridgehead atoms. The molecule has 0 saturated heterocycles. The van der Waals surface area contributed by atoms with Crippen LogP contribution in [0.1, 0.15) is 13.3 Å². The highest BCUT2D eigenvalue weighted by Crippen LogP contribution is 2.24. The van der Waals surface area contributed by atoms with E-state index in [0.717, 1.165) is 16.5 Å². The van der Waals surface area contributed by atoms with Gasteiger partial charge in [0.1, 0.15) is 22.2 Å². The standard InChI is InChI=1S/C19H27N3O3S/c1-15(11-14-26(3,23)24)22-19(20-2)21-12-13-25-18-10-6-8-16-7-4-5-9-17(16)18/h4-10,15H,11-14H2,1-3H3,(H2,20,21,22). The highest BCUT2D eigenvalue weighted by molar-refractivity contribution is 7.90. The molecule has 0 heterocycles. The van der Waals surface area contributed by atoms with Gasteiger partial charge >= 0.3 is 0 Å². The third-order valence-electron chi connectivity index (χ3n) is 3.93. The third kappa shape index (κ3) is 6.55. The molecule has 26 heavy (non-hydrogen) atoms. The molecule has 0 aliphatic rings. The predicted molar refractivity (Wildman–Crippen MR) is 108 cm³/mol. The summed E-state index contributed by atoms with van der Waals surface area (Å²) in [6.07, 6.45) is 1.78. The zero-order chi connectivity index (χ0) is 19.0. The van der Waals surface area contributed by atoms with Gasteiger partial charge in [0.05, 0.1) is 12.3 Å². The normalized spacial score (nSPS) is 13.4. The third-order valence-corrected chi connectivity index (χ3v) is 4.91. The number of sulfone groups is 1. The van der Waals surface area contributed by atoms with Crippen LogP contribution in [0.5, 0.6) is 5.75 Å². The fourth-order valence-electron chi connectivity index (χ4n) is 2.54. The van der Waals surface area contributed by atoms with Crippen LogP contribution in [0.15, 0.2) is 47.5 Å². The van der Waals surface area contributed by atoms with E-state index in [-0.39, 0.29) is 11.8 Å². The molecule has 7 heteroatoms. The minimum Gasteiger partial charge on any atom is -0.491 e.